The van der Waals surface area contributed by atoms with E-state index in [1.54, 1.807) is 11.3 Å². The zero-order chi connectivity index (χ0) is 13.8. The fourth-order valence-corrected chi connectivity index (χ4v) is 3.19. The number of hydrogen-bond acceptors (Lipinski definition) is 5. The lowest BCUT2D eigenvalue weighted by molar-refractivity contribution is 0.0832. The van der Waals surface area contributed by atoms with Crippen LogP contribution in [0.2, 0.25) is 0 Å². The smallest absolute Gasteiger partial charge is 0.147 e. The lowest BCUT2D eigenvalue weighted by atomic mass is 10.1. The Kier molecular flexibility index (Phi) is 4.40. The number of nitrogens with one attached hydrogen (secondary N) is 1. The van der Waals surface area contributed by atoms with Crippen LogP contribution in [0.1, 0.15) is 24.8 Å². The Morgan fingerprint density at radius 3 is 2.95 bits per heavy atom. The molecule has 5 heteroatoms. The van der Waals surface area contributed by atoms with Gasteiger partial charge in [0.2, 0.25) is 0 Å². The average molecular weight is 289 g/mol. The van der Waals surface area contributed by atoms with Crippen LogP contribution in [0.5, 0.6) is 0 Å². The number of benzene rings is 1. The molecule has 2 heterocycles. The molecule has 2 atom stereocenters. The molecule has 0 amide bonds. The quantitative estimate of drug-likeness (QED) is 0.919. The maximum atomic E-state index is 5.68. The van der Waals surface area contributed by atoms with Crippen molar-refractivity contribution in [2.75, 3.05) is 6.61 Å². The van der Waals surface area contributed by atoms with Crippen LogP contribution in [0.25, 0.3) is 10.6 Å². The Morgan fingerprint density at radius 2 is 2.20 bits per heavy atom. The van der Waals surface area contributed by atoms with Crippen molar-refractivity contribution in [3.8, 4) is 10.6 Å². The molecule has 0 spiro atoms. The van der Waals surface area contributed by atoms with Crippen molar-refractivity contribution in [3.63, 3.8) is 0 Å². The highest BCUT2D eigenvalue weighted by molar-refractivity contribution is 7.14. The molecule has 2 aromatic rings. The molecule has 0 unspecified atom stereocenters. The molecule has 1 aromatic carbocycles. The topological polar surface area (TPSA) is 47.0 Å². The second-order valence-corrected chi connectivity index (χ2v) is 6.15. The molecular formula is C15H19N3OS. The van der Waals surface area contributed by atoms with Crippen molar-refractivity contribution in [3.05, 3.63) is 35.3 Å². The predicted molar refractivity (Wildman–Crippen MR) is 80.6 cm³/mol. The molecule has 0 radical (unpaired) electrons. The molecule has 106 valence electrons. The minimum absolute atomic E-state index is 0.344. The van der Waals surface area contributed by atoms with E-state index in [0.717, 1.165) is 35.2 Å². The molecule has 4 nitrogen and oxygen atoms in total. The van der Waals surface area contributed by atoms with E-state index in [-0.39, 0.29) is 0 Å². The van der Waals surface area contributed by atoms with Crippen LogP contribution >= 0.6 is 11.3 Å². The van der Waals surface area contributed by atoms with E-state index >= 15 is 0 Å². The third kappa shape index (κ3) is 3.23. The average Bonchev–Trinajstić information content (AvgIpc) is 3.17. The minimum atomic E-state index is 0.344. The van der Waals surface area contributed by atoms with Gasteiger partial charge in [-0.05, 0) is 19.8 Å². The second-order valence-electron chi connectivity index (χ2n) is 5.09. The van der Waals surface area contributed by atoms with Gasteiger partial charge in [0.1, 0.15) is 10.0 Å². The molecule has 1 aliphatic heterocycles. The Hall–Kier alpha value is -1.30. The van der Waals surface area contributed by atoms with E-state index in [1.165, 1.54) is 6.42 Å². The van der Waals surface area contributed by atoms with E-state index in [4.69, 9.17) is 4.74 Å². The number of aromatic nitrogens is 2. The summed E-state index contributed by atoms with van der Waals surface area (Å²) >= 11 is 1.64. The van der Waals surface area contributed by atoms with Gasteiger partial charge in [0.25, 0.3) is 0 Å². The first kappa shape index (κ1) is 13.7. The first-order valence-corrected chi connectivity index (χ1v) is 7.87. The van der Waals surface area contributed by atoms with Crippen LogP contribution in [0.3, 0.4) is 0 Å². The van der Waals surface area contributed by atoms with Crippen LogP contribution in [0.4, 0.5) is 0 Å². The monoisotopic (exact) mass is 289 g/mol. The van der Waals surface area contributed by atoms with Crippen LogP contribution in [0, 0.1) is 0 Å². The Labute approximate surface area is 123 Å². The summed E-state index contributed by atoms with van der Waals surface area (Å²) < 4.78 is 5.68. The van der Waals surface area contributed by atoms with Crippen LogP contribution in [0.15, 0.2) is 30.3 Å². The van der Waals surface area contributed by atoms with Gasteiger partial charge in [0, 0.05) is 18.2 Å². The van der Waals surface area contributed by atoms with Gasteiger partial charge >= 0.3 is 0 Å². The molecule has 0 bridgehead atoms. The lowest BCUT2D eigenvalue weighted by Crippen LogP contribution is -2.36. The van der Waals surface area contributed by atoms with Crippen molar-refractivity contribution in [2.45, 2.75) is 38.5 Å². The van der Waals surface area contributed by atoms with Gasteiger partial charge in [-0.15, -0.1) is 10.2 Å². The summed E-state index contributed by atoms with van der Waals surface area (Å²) in [4.78, 5) is 0. The summed E-state index contributed by atoms with van der Waals surface area (Å²) in [5.41, 5.74) is 1.13. The van der Waals surface area contributed by atoms with Gasteiger partial charge in [0.15, 0.2) is 0 Å². The molecule has 20 heavy (non-hydrogen) atoms. The van der Waals surface area contributed by atoms with Crippen molar-refractivity contribution >= 4 is 11.3 Å². The van der Waals surface area contributed by atoms with Gasteiger partial charge in [-0.1, -0.05) is 41.7 Å². The summed E-state index contributed by atoms with van der Waals surface area (Å²) in [7, 11) is 0. The van der Waals surface area contributed by atoms with Gasteiger partial charge in [-0.3, -0.25) is 0 Å². The first-order valence-electron chi connectivity index (χ1n) is 7.06. The highest BCUT2D eigenvalue weighted by Gasteiger charge is 2.22. The molecule has 0 aliphatic carbocycles. The highest BCUT2D eigenvalue weighted by Crippen LogP contribution is 2.23. The zero-order valence-electron chi connectivity index (χ0n) is 11.6. The fraction of sp³-hybridized carbons (Fsp3) is 0.467. The van der Waals surface area contributed by atoms with Gasteiger partial charge in [0.05, 0.1) is 12.6 Å². The van der Waals surface area contributed by atoms with E-state index < -0.39 is 0 Å². The molecule has 1 aliphatic rings. The molecule has 1 N–H and O–H groups in total. The maximum Gasteiger partial charge on any atom is 0.147 e. The van der Waals surface area contributed by atoms with Crippen LogP contribution in [-0.4, -0.2) is 29.0 Å². The number of rotatable bonds is 5. The molecule has 1 saturated heterocycles. The van der Waals surface area contributed by atoms with E-state index in [1.807, 2.05) is 18.2 Å². The Balaban J connectivity index is 1.57. The summed E-state index contributed by atoms with van der Waals surface area (Å²) in [5, 5.41) is 14.0. The standard InChI is InChI=1S/C15H19N3OS/c1-11(13-8-5-9-19-13)16-10-14-17-18-15(20-14)12-6-3-2-4-7-12/h2-4,6-7,11,13,16H,5,8-10H2,1H3/t11-,13+/m1/s1. The van der Waals surface area contributed by atoms with Gasteiger partial charge in [-0.25, -0.2) is 0 Å². The normalized spacial score (nSPS) is 20.1. The third-order valence-corrected chi connectivity index (χ3v) is 4.56. The van der Waals surface area contributed by atoms with Crippen molar-refractivity contribution in [1.82, 2.24) is 15.5 Å². The van der Waals surface area contributed by atoms with Gasteiger partial charge in [-0.2, -0.15) is 0 Å². The van der Waals surface area contributed by atoms with Crippen LogP contribution < -0.4 is 5.32 Å². The van der Waals surface area contributed by atoms with E-state index in [9.17, 15) is 0 Å². The second kappa shape index (κ2) is 6.43. The first-order chi connectivity index (χ1) is 9.83. The number of ether oxygens (including phenoxy) is 1. The summed E-state index contributed by atoms with van der Waals surface area (Å²) in [6.45, 7) is 3.83. The Morgan fingerprint density at radius 1 is 1.35 bits per heavy atom. The maximum absolute atomic E-state index is 5.68. The third-order valence-electron chi connectivity index (χ3n) is 3.59. The summed E-state index contributed by atoms with van der Waals surface area (Å²) in [5.74, 6) is 0. The minimum Gasteiger partial charge on any atom is -0.377 e. The van der Waals surface area contributed by atoms with E-state index in [2.05, 4.69) is 34.6 Å². The zero-order valence-corrected chi connectivity index (χ0v) is 12.4. The number of nitrogens with zero attached hydrogens (tertiary/aromatic N) is 2. The molecule has 0 saturated carbocycles. The van der Waals surface area contributed by atoms with Crippen LogP contribution in [-0.2, 0) is 11.3 Å². The van der Waals surface area contributed by atoms with Crippen molar-refractivity contribution in [2.24, 2.45) is 0 Å². The fourth-order valence-electron chi connectivity index (χ4n) is 2.40. The largest absolute Gasteiger partial charge is 0.377 e. The van der Waals surface area contributed by atoms with E-state index in [0.29, 0.717) is 12.1 Å². The summed E-state index contributed by atoms with van der Waals surface area (Å²) in [6, 6.07) is 10.5. The van der Waals surface area contributed by atoms with Crippen molar-refractivity contribution in [1.29, 1.82) is 0 Å². The van der Waals surface area contributed by atoms with Crippen molar-refractivity contribution < 1.29 is 4.74 Å². The molecular weight excluding hydrogens is 270 g/mol. The summed E-state index contributed by atoms with van der Waals surface area (Å²) in [6.07, 6.45) is 2.67. The Bertz CT molecular complexity index is 537. The number of hydrogen-bond donors (Lipinski definition) is 1. The lowest BCUT2D eigenvalue weighted by Gasteiger charge is -2.19. The predicted octanol–water partition coefficient (Wildman–Crippen LogP) is 2.86. The molecule has 3 rings (SSSR count). The SMILES string of the molecule is C[C@@H](NCc1nnc(-c2ccccc2)s1)[C@@H]1CCCO1. The molecule has 1 fully saturated rings. The highest BCUT2D eigenvalue weighted by atomic mass is 32.1. The molecule has 1 aromatic heterocycles. The van der Waals surface area contributed by atoms with Gasteiger partial charge < -0.3 is 10.1 Å².